The molecule has 0 spiro atoms. The molecular formula is C9H14N2O4S. The van der Waals surface area contributed by atoms with Crippen LogP contribution in [0, 0.1) is 0 Å². The number of ether oxygens (including phenoxy) is 1. The maximum absolute atomic E-state index is 11.1. The lowest BCUT2D eigenvalue weighted by atomic mass is 10.2. The van der Waals surface area contributed by atoms with Crippen LogP contribution in [-0.2, 0) is 4.74 Å². The average molecular weight is 246 g/mol. The molecule has 0 aliphatic rings. The molecule has 0 aliphatic heterocycles. The summed E-state index contributed by atoms with van der Waals surface area (Å²) in [5, 5.41) is 23.7. The van der Waals surface area contributed by atoms with Gasteiger partial charge in [0.25, 0.3) is 0 Å². The number of carbonyl (C=O) groups excluding carboxylic acids is 1. The smallest absolute Gasteiger partial charge is 0.357 e. The second kappa shape index (κ2) is 5.90. The zero-order valence-corrected chi connectivity index (χ0v) is 9.82. The van der Waals surface area contributed by atoms with Crippen LogP contribution in [0.2, 0.25) is 0 Å². The number of nitrogens with one attached hydrogen (secondary N) is 1. The number of aliphatic hydroxyl groups is 2. The van der Waals surface area contributed by atoms with Crippen LogP contribution in [-0.4, -0.2) is 48.0 Å². The van der Waals surface area contributed by atoms with E-state index in [-0.39, 0.29) is 12.2 Å². The Balaban J connectivity index is 2.73. The second-order valence-electron chi connectivity index (χ2n) is 3.13. The molecule has 1 aromatic rings. The molecule has 0 radical (unpaired) electrons. The van der Waals surface area contributed by atoms with Gasteiger partial charge in [0.05, 0.1) is 13.2 Å². The highest BCUT2D eigenvalue weighted by molar-refractivity contribution is 7.09. The van der Waals surface area contributed by atoms with E-state index in [0.29, 0.717) is 5.01 Å². The molecule has 0 amide bonds. The summed E-state index contributed by atoms with van der Waals surface area (Å²) in [7, 11) is 2.92. The predicted molar refractivity (Wildman–Crippen MR) is 58.3 cm³/mol. The number of rotatable bonds is 5. The summed E-state index contributed by atoms with van der Waals surface area (Å²) in [6, 6.07) is 0. The van der Waals surface area contributed by atoms with Gasteiger partial charge >= 0.3 is 5.97 Å². The van der Waals surface area contributed by atoms with Crippen molar-refractivity contribution in [3.05, 3.63) is 16.1 Å². The zero-order chi connectivity index (χ0) is 12.1. The van der Waals surface area contributed by atoms with Gasteiger partial charge < -0.3 is 20.3 Å². The second-order valence-corrected chi connectivity index (χ2v) is 4.02. The minimum Gasteiger partial charge on any atom is -0.464 e. The van der Waals surface area contributed by atoms with Crippen molar-refractivity contribution in [2.75, 3.05) is 20.7 Å². The summed E-state index contributed by atoms with van der Waals surface area (Å²) in [5.74, 6) is -0.558. The lowest BCUT2D eigenvalue weighted by molar-refractivity contribution is 0.0199. The number of nitrogens with zero attached hydrogens (tertiary/aromatic N) is 1. The number of likely N-dealkylation sites (N-methyl/N-ethyl adjacent to an activating group) is 1. The van der Waals surface area contributed by atoms with Crippen molar-refractivity contribution in [3.8, 4) is 0 Å². The van der Waals surface area contributed by atoms with Gasteiger partial charge in [-0.05, 0) is 7.05 Å². The zero-order valence-electron chi connectivity index (χ0n) is 9.01. The van der Waals surface area contributed by atoms with Gasteiger partial charge in [0.1, 0.15) is 11.1 Å². The molecular weight excluding hydrogens is 232 g/mol. The van der Waals surface area contributed by atoms with Crippen LogP contribution < -0.4 is 5.32 Å². The van der Waals surface area contributed by atoms with E-state index in [1.807, 2.05) is 0 Å². The maximum Gasteiger partial charge on any atom is 0.357 e. The van der Waals surface area contributed by atoms with Gasteiger partial charge in [0, 0.05) is 11.9 Å². The fourth-order valence-corrected chi connectivity index (χ4v) is 1.94. The normalized spacial score (nSPS) is 14.5. The summed E-state index contributed by atoms with van der Waals surface area (Å²) in [5.41, 5.74) is 0.137. The first-order valence-corrected chi connectivity index (χ1v) is 5.52. The van der Waals surface area contributed by atoms with Crippen molar-refractivity contribution < 1.29 is 19.7 Å². The number of esters is 1. The summed E-state index contributed by atoms with van der Waals surface area (Å²) in [4.78, 5) is 15.0. The Labute approximate surface area is 96.9 Å². The van der Waals surface area contributed by atoms with Crippen molar-refractivity contribution in [2.24, 2.45) is 0 Å². The third kappa shape index (κ3) is 2.99. The molecule has 0 saturated heterocycles. The van der Waals surface area contributed by atoms with Gasteiger partial charge in [-0.1, -0.05) is 0 Å². The molecule has 0 saturated carbocycles. The third-order valence-electron chi connectivity index (χ3n) is 1.95. The first-order valence-electron chi connectivity index (χ1n) is 4.64. The molecule has 1 rings (SSSR count). The highest BCUT2D eigenvalue weighted by Gasteiger charge is 2.22. The van der Waals surface area contributed by atoms with Crippen LogP contribution in [0.4, 0.5) is 0 Å². The van der Waals surface area contributed by atoms with E-state index in [1.54, 1.807) is 7.05 Å². The molecule has 6 nitrogen and oxygen atoms in total. The SMILES string of the molecule is CNCC(O)C(O)c1nc(C(=O)OC)cs1. The number of carbonyl (C=O) groups is 1. The molecule has 0 bridgehead atoms. The van der Waals surface area contributed by atoms with E-state index < -0.39 is 18.2 Å². The molecule has 3 N–H and O–H groups in total. The Bertz CT molecular complexity index is 355. The van der Waals surface area contributed by atoms with Crippen molar-refractivity contribution >= 4 is 17.3 Å². The summed E-state index contributed by atoms with van der Waals surface area (Å²) in [6.45, 7) is 0.244. The average Bonchev–Trinajstić information content (AvgIpc) is 2.76. The predicted octanol–water partition coefficient (Wildman–Crippen LogP) is -0.457. The van der Waals surface area contributed by atoms with Gasteiger partial charge in [-0.3, -0.25) is 0 Å². The number of aliphatic hydroxyl groups excluding tert-OH is 2. The Morgan fingerprint density at radius 2 is 2.38 bits per heavy atom. The number of thiazole rings is 1. The number of hydrogen-bond donors (Lipinski definition) is 3. The maximum atomic E-state index is 11.1. The van der Waals surface area contributed by atoms with Crippen molar-refractivity contribution in [3.63, 3.8) is 0 Å². The van der Waals surface area contributed by atoms with Gasteiger partial charge in [0.2, 0.25) is 0 Å². The van der Waals surface area contributed by atoms with Crippen molar-refractivity contribution in [1.29, 1.82) is 0 Å². The number of hydrogen-bond acceptors (Lipinski definition) is 7. The summed E-state index contributed by atoms with van der Waals surface area (Å²) >= 11 is 1.11. The highest BCUT2D eigenvalue weighted by Crippen LogP contribution is 2.21. The first-order chi connectivity index (χ1) is 7.60. The fraction of sp³-hybridized carbons (Fsp3) is 0.556. The van der Waals surface area contributed by atoms with E-state index in [4.69, 9.17) is 0 Å². The Morgan fingerprint density at radius 3 is 2.94 bits per heavy atom. The highest BCUT2D eigenvalue weighted by atomic mass is 32.1. The Morgan fingerprint density at radius 1 is 1.69 bits per heavy atom. The molecule has 0 aliphatic carbocycles. The van der Waals surface area contributed by atoms with Crippen molar-refractivity contribution in [1.82, 2.24) is 10.3 Å². The summed E-state index contributed by atoms with van der Waals surface area (Å²) < 4.78 is 4.49. The van der Waals surface area contributed by atoms with E-state index in [1.165, 1.54) is 12.5 Å². The quantitative estimate of drug-likeness (QED) is 0.609. The molecule has 2 atom stereocenters. The largest absolute Gasteiger partial charge is 0.464 e. The van der Waals surface area contributed by atoms with Gasteiger partial charge in [-0.15, -0.1) is 11.3 Å². The molecule has 2 unspecified atom stereocenters. The van der Waals surface area contributed by atoms with E-state index in [9.17, 15) is 15.0 Å². The molecule has 0 aromatic carbocycles. The topological polar surface area (TPSA) is 91.7 Å². The first kappa shape index (κ1) is 13.0. The lowest BCUT2D eigenvalue weighted by Gasteiger charge is -2.14. The Kier molecular flexibility index (Phi) is 4.81. The molecule has 16 heavy (non-hydrogen) atoms. The van der Waals surface area contributed by atoms with E-state index >= 15 is 0 Å². The minimum atomic E-state index is -1.10. The Hall–Kier alpha value is -1.02. The van der Waals surface area contributed by atoms with E-state index in [2.05, 4.69) is 15.0 Å². The van der Waals surface area contributed by atoms with Crippen molar-refractivity contribution in [2.45, 2.75) is 12.2 Å². The van der Waals surface area contributed by atoms with E-state index in [0.717, 1.165) is 11.3 Å². The standard InChI is InChI=1S/C9H14N2O4S/c1-10-3-6(12)7(13)8-11-5(4-16-8)9(14)15-2/h4,6-7,10,12-13H,3H2,1-2H3. The van der Waals surface area contributed by atoms with Crippen LogP contribution in [0.5, 0.6) is 0 Å². The lowest BCUT2D eigenvalue weighted by Crippen LogP contribution is -2.29. The number of methoxy groups -OCH3 is 1. The van der Waals surface area contributed by atoms with Crippen LogP contribution in [0.3, 0.4) is 0 Å². The molecule has 90 valence electrons. The summed E-state index contributed by atoms with van der Waals surface area (Å²) in [6.07, 6.45) is -2.06. The van der Waals surface area contributed by atoms with Crippen LogP contribution in [0.15, 0.2) is 5.38 Å². The monoisotopic (exact) mass is 246 g/mol. The molecule has 1 aromatic heterocycles. The van der Waals surface area contributed by atoms with Crippen LogP contribution >= 0.6 is 11.3 Å². The van der Waals surface area contributed by atoms with Gasteiger partial charge in [-0.2, -0.15) is 0 Å². The van der Waals surface area contributed by atoms with Gasteiger partial charge in [-0.25, -0.2) is 9.78 Å². The van der Waals surface area contributed by atoms with Crippen LogP contribution in [0.1, 0.15) is 21.6 Å². The van der Waals surface area contributed by atoms with Gasteiger partial charge in [0.15, 0.2) is 5.69 Å². The fourth-order valence-electron chi connectivity index (χ4n) is 1.11. The molecule has 0 fully saturated rings. The molecule has 7 heteroatoms. The third-order valence-corrected chi connectivity index (χ3v) is 2.86. The molecule has 1 heterocycles. The van der Waals surface area contributed by atoms with Crippen LogP contribution in [0.25, 0.3) is 0 Å². The minimum absolute atomic E-state index is 0.137. The number of aromatic nitrogens is 1.